The summed E-state index contributed by atoms with van der Waals surface area (Å²) in [4.78, 5) is 4.85. The molecule has 3 nitrogen and oxygen atoms in total. The number of para-hydroxylation sites is 1. The van der Waals surface area contributed by atoms with Crippen molar-refractivity contribution in [3.8, 4) is 0 Å². The molecule has 0 bridgehead atoms. The lowest BCUT2D eigenvalue weighted by Gasteiger charge is -2.28. The highest BCUT2D eigenvalue weighted by atomic mass is 35.5. The van der Waals surface area contributed by atoms with Crippen LogP contribution in [-0.4, -0.2) is 44.2 Å². The van der Waals surface area contributed by atoms with Crippen molar-refractivity contribution >= 4 is 17.3 Å². The van der Waals surface area contributed by atoms with Gasteiger partial charge in [0.05, 0.1) is 10.7 Å². The molecule has 0 spiro atoms. The van der Waals surface area contributed by atoms with Crippen LogP contribution in [0, 0.1) is 0 Å². The fraction of sp³-hybridized carbons (Fsp3) is 0.647. The van der Waals surface area contributed by atoms with Gasteiger partial charge in [0.25, 0.3) is 0 Å². The highest BCUT2D eigenvalue weighted by Gasteiger charge is 2.13. The van der Waals surface area contributed by atoms with Gasteiger partial charge in [0.15, 0.2) is 0 Å². The maximum atomic E-state index is 6.44. The SMILES string of the molecule is CCN(CC)CCCN(CC)c1c(Cl)cccc1CCN. The van der Waals surface area contributed by atoms with Crippen LogP contribution in [0.3, 0.4) is 0 Å². The number of hydrogen-bond donors (Lipinski definition) is 1. The topological polar surface area (TPSA) is 32.5 Å². The second kappa shape index (κ2) is 10.0. The first-order valence-electron chi connectivity index (χ1n) is 8.12. The molecule has 0 unspecified atom stereocenters. The summed E-state index contributed by atoms with van der Waals surface area (Å²) in [5.74, 6) is 0. The van der Waals surface area contributed by atoms with Crippen LogP contribution in [-0.2, 0) is 6.42 Å². The molecule has 0 saturated carbocycles. The molecule has 0 aliphatic heterocycles. The van der Waals surface area contributed by atoms with Gasteiger partial charge in [0.2, 0.25) is 0 Å². The maximum absolute atomic E-state index is 6.44. The number of nitrogens with zero attached hydrogens (tertiary/aromatic N) is 2. The van der Waals surface area contributed by atoms with Crippen molar-refractivity contribution in [2.75, 3.05) is 44.2 Å². The molecule has 120 valence electrons. The Labute approximate surface area is 135 Å². The maximum Gasteiger partial charge on any atom is 0.0642 e. The summed E-state index contributed by atoms with van der Waals surface area (Å²) in [6, 6.07) is 6.13. The molecule has 0 fully saturated rings. The van der Waals surface area contributed by atoms with Gasteiger partial charge in [-0.15, -0.1) is 0 Å². The number of benzene rings is 1. The normalized spacial score (nSPS) is 11.1. The Hall–Kier alpha value is -0.770. The molecular weight excluding hydrogens is 282 g/mol. The highest BCUT2D eigenvalue weighted by Crippen LogP contribution is 2.30. The van der Waals surface area contributed by atoms with Crippen molar-refractivity contribution in [2.24, 2.45) is 5.73 Å². The van der Waals surface area contributed by atoms with Crippen molar-refractivity contribution < 1.29 is 0 Å². The van der Waals surface area contributed by atoms with Crippen LogP contribution in [0.2, 0.25) is 5.02 Å². The number of anilines is 1. The van der Waals surface area contributed by atoms with Gasteiger partial charge in [0, 0.05) is 13.1 Å². The third-order valence-electron chi connectivity index (χ3n) is 3.98. The van der Waals surface area contributed by atoms with E-state index in [0.29, 0.717) is 6.54 Å². The third kappa shape index (κ3) is 5.50. The molecule has 1 aromatic rings. The molecule has 0 aliphatic rings. The molecule has 2 N–H and O–H groups in total. The zero-order valence-electron chi connectivity index (χ0n) is 13.7. The summed E-state index contributed by atoms with van der Waals surface area (Å²) in [6.45, 7) is 12.7. The fourth-order valence-corrected chi connectivity index (χ4v) is 3.04. The zero-order chi connectivity index (χ0) is 15.7. The van der Waals surface area contributed by atoms with Crippen molar-refractivity contribution in [2.45, 2.75) is 33.6 Å². The second-order valence-electron chi connectivity index (χ2n) is 5.25. The van der Waals surface area contributed by atoms with Crippen LogP contribution in [0.15, 0.2) is 18.2 Å². The Balaban J connectivity index is 2.75. The quantitative estimate of drug-likeness (QED) is 0.719. The van der Waals surface area contributed by atoms with Crippen molar-refractivity contribution in [1.29, 1.82) is 0 Å². The number of hydrogen-bond acceptors (Lipinski definition) is 3. The smallest absolute Gasteiger partial charge is 0.0642 e. The van der Waals surface area contributed by atoms with Crippen LogP contribution in [0.5, 0.6) is 0 Å². The van der Waals surface area contributed by atoms with E-state index in [0.717, 1.165) is 50.6 Å². The van der Waals surface area contributed by atoms with Crippen LogP contribution in [0.4, 0.5) is 5.69 Å². The molecule has 21 heavy (non-hydrogen) atoms. The molecule has 1 aromatic carbocycles. The Morgan fingerprint density at radius 2 is 1.76 bits per heavy atom. The van der Waals surface area contributed by atoms with E-state index < -0.39 is 0 Å². The van der Waals surface area contributed by atoms with E-state index in [1.807, 2.05) is 12.1 Å². The van der Waals surface area contributed by atoms with Gasteiger partial charge in [-0.1, -0.05) is 37.6 Å². The Bertz CT molecular complexity index is 405. The summed E-state index contributed by atoms with van der Waals surface area (Å²) in [6.07, 6.45) is 2.03. The molecule has 0 atom stereocenters. The van der Waals surface area contributed by atoms with E-state index in [1.54, 1.807) is 0 Å². The van der Waals surface area contributed by atoms with Gasteiger partial charge >= 0.3 is 0 Å². The Morgan fingerprint density at radius 3 is 2.33 bits per heavy atom. The van der Waals surface area contributed by atoms with E-state index in [2.05, 4.69) is 36.6 Å². The molecule has 0 amide bonds. The van der Waals surface area contributed by atoms with E-state index >= 15 is 0 Å². The van der Waals surface area contributed by atoms with E-state index in [1.165, 1.54) is 11.3 Å². The number of halogens is 1. The minimum absolute atomic E-state index is 0.657. The zero-order valence-corrected chi connectivity index (χ0v) is 14.5. The molecule has 0 radical (unpaired) electrons. The molecular formula is C17H30ClN3. The largest absolute Gasteiger partial charge is 0.370 e. The van der Waals surface area contributed by atoms with Gasteiger partial charge in [0.1, 0.15) is 0 Å². The van der Waals surface area contributed by atoms with Gasteiger partial charge in [-0.05, 0) is 57.6 Å². The fourth-order valence-electron chi connectivity index (χ4n) is 2.72. The van der Waals surface area contributed by atoms with E-state index in [9.17, 15) is 0 Å². The van der Waals surface area contributed by atoms with Gasteiger partial charge in [-0.2, -0.15) is 0 Å². The van der Waals surface area contributed by atoms with Crippen LogP contribution in [0.1, 0.15) is 32.8 Å². The minimum atomic E-state index is 0.657. The number of rotatable bonds is 10. The van der Waals surface area contributed by atoms with Gasteiger partial charge < -0.3 is 15.5 Å². The lowest BCUT2D eigenvalue weighted by Crippen LogP contribution is -2.30. The molecule has 4 heteroatoms. The average Bonchev–Trinajstić information content (AvgIpc) is 2.49. The lowest BCUT2D eigenvalue weighted by molar-refractivity contribution is 0.300. The van der Waals surface area contributed by atoms with Crippen molar-refractivity contribution in [1.82, 2.24) is 4.90 Å². The van der Waals surface area contributed by atoms with Crippen molar-refractivity contribution in [3.05, 3.63) is 28.8 Å². The summed E-state index contributed by atoms with van der Waals surface area (Å²) >= 11 is 6.44. The minimum Gasteiger partial charge on any atom is -0.370 e. The monoisotopic (exact) mass is 311 g/mol. The summed E-state index contributed by atoms with van der Waals surface area (Å²) in [5.41, 5.74) is 8.16. The van der Waals surface area contributed by atoms with Crippen LogP contribution >= 0.6 is 11.6 Å². The Morgan fingerprint density at radius 1 is 1.05 bits per heavy atom. The number of nitrogens with two attached hydrogens (primary N) is 1. The Kier molecular flexibility index (Phi) is 8.74. The second-order valence-corrected chi connectivity index (χ2v) is 5.65. The average molecular weight is 312 g/mol. The first-order chi connectivity index (χ1) is 10.2. The van der Waals surface area contributed by atoms with E-state index in [4.69, 9.17) is 17.3 Å². The first kappa shape index (κ1) is 18.3. The summed E-state index contributed by atoms with van der Waals surface area (Å²) < 4.78 is 0. The molecule has 1 rings (SSSR count). The summed E-state index contributed by atoms with van der Waals surface area (Å²) in [7, 11) is 0. The third-order valence-corrected chi connectivity index (χ3v) is 4.28. The van der Waals surface area contributed by atoms with Gasteiger partial charge in [-0.25, -0.2) is 0 Å². The van der Waals surface area contributed by atoms with Gasteiger partial charge in [-0.3, -0.25) is 0 Å². The molecule has 0 saturated heterocycles. The molecule has 0 heterocycles. The molecule has 0 aromatic heterocycles. The predicted octanol–water partition coefficient (Wildman–Crippen LogP) is 3.40. The highest BCUT2D eigenvalue weighted by molar-refractivity contribution is 6.33. The first-order valence-corrected chi connectivity index (χ1v) is 8.50. The molecule has 0 aliphatic carbocycles. The summed E-state index contributed by atoms with van der Waals surface area (Å²) in [5, 5.41) is 0.839. The van der Waals surface area contributed by atoms with Crippen LogP contribution in [0.25, 0.3) is 0 Å². The van der Waals surface area contributed by atoms with Crippen molar-refractivity contribution in [3.63, 3.8) is 0 Å². The van der Waals surface area contributed by atoms with Crippen LogP contribution < -0.4 is 10.6 Å². The lowest BCUT2D eigenvalue weighted by atomic mass is 10.1. The van der Waals surface area contributed by atoms with E-state index in [-0.39, 0.29) is 0 Å². The standard InChI is InChI=1S/C17H30ClN3/c1-4-20(5-2)13-8-14-21(6-3)17-15(11-12-19)9-7-10-16(17)18/h7,9-10H,4-6,8,11-14,19H2,1-3H3. The predicted molar refractivity (Wildman–Crippen MR) is 94.5 cm³/mol.